The van der Waals surface area contributed by atoms with Crippen molar-refractivity contribution in [2.75, 3.05) is 0 Å². The van der Waals surface area contributed by atoms with Crippen LogP contribution >= 0.6 is 0 Å². The number of hydrogen-bond acceptors (Lipinski definition) is 5. The monoisotopic (exact) mass is 194 g/mol. The van der Waals surface area contributed by atoms with Crippen LogP contribution in [0.2, 0.25) is 0 Å². The van der Waals surface area contributed by atoms with E-state index in [2.05, 4.69) is 0 Å². The molecule has 2 rings (SSSR count). The first kappa shape index (κ1) is 8.43. The molecule has 0 atom stereocenters. The van der Waals surface area contributed by atoms with Crippen molar-refractivity contribution in [2.24, 2.45) is 0 Å². The second-order valence-electron chi connectivity index (χ2n) is 2.76. The van der Waals surface area contributed by atoms with Gasteiger partial charge in [0.25, 0.3) is 0 Å². The highest BCUT2D eigenvalue weighted by Crippen LogP contribution is 2.40. The summed E-state index contributed by atoms with van der Waals surface area (Å²) in [5, 5.41) is 27.8. The van der Waals surface area contributed by atoms with Crippen LogP contribution in [0, 0.1) is 0 Å². The van der Waals surface area contributed by atoms with Crippen LogP contribution < -0.4 is 5.63 Å². The van der Waals surface area contributed by atoms with Crippen LogP contribution in [-0.2, 0) is 0 Å². The Balaban J connectivity index is 2.98. The number of hydrogen-bond donors (Lipinski definition) is 3. The lowest BCUT2D eigenvalue weighted by Crippen LogP contribution is -1.94. The van der Waals surface area contributed by atoms with Crippen molar-refractivity contribution in [3.05, 3.63) is 28.6 Å². The number of aromatic hydroxyl groups is 3. The third-order valence-corrected chi connectivity index (χ3v) is 1.85. The van der Waals surface area contributed by atoms with Gasteiger partial charge in [-0.25, -0.2) is 4.79 Å². The largest absolute Gasteiger partial charge is 0.504 e. The molecule has 2 aromatic rings. The van der Waals surface area contributed by atoms with Gasteiger partial charge in [0.05, 0.1) is 5.39 Å². The number of rotatable bonds is 0. The quantitative estimate of drug-likeness (QED) is 0.428. The van der Waals surface area contributed by atoms with Gasteiger partial charge < -0.3 is 19.7 Å². The summed E-state index contributed by atoms with van der Waals surface area (Å²) in [7, 11) is 0. The molecule has 0 saturated heterocycles. The summed E-state index contributed by atoms with van der Waals surface area (Å²) in [5.41, 5.74) is -0.577. The molecule has 1 aromatic heterocycles. The van der Waals surface area contributed by atoms with Crippen LogP contribution in [0.25, 0.3) is 11.0 Å². The molecule has 0 aliphatic carbocycles. The predicted octanol–water partition coefficient (Wildman–Crippen LogP) is 0.910. The van der Waals surface area contributed by atoms with Gasteiger partial charge in [-0.15, -0.1) is 0 Å². The van der Waals surface area contributed by atoms with Gasteiger partial charge in [-0.05, 0) is 6.07 Å². The zero-order chi connectivity index (χ0) is 10.3. The fourth-order valence-electron chi connectivity index (χ4n) is 1.18. The Labute approximate surface area is 77.5 Å². The van der Waals surface area contributed by atoms with Gasteiger partial charge in [-0.1, -0.05) is 0 Å². The van der Waals surface area contributed by atoms with E-state index in [1.165, 1.54) is 6.07 Å². The zero-order valence-electron chi connectivity index (χ0n) is 6.89. The first-order valence-electron chi connectivity index (χ1n) is 3.77. The van der Waals surface area contributed by atoms with Crippen LogP contribution in [-0.4, -0.2) is 15.3 Å². The molecular weight excluding hydrogens is 188 g/mol. The zero-order valence-corrected chi connectivity index (χ0v) is 6.89. The Morgan fingerprint density at radius 2 is 1.79 bits per heavy atom. The molecule has 1 heterocycles. The minimum Gasteiger partial charge on any atom is -0.504 e. The van der Waals surface area contributed by atoms with Gasteiger partial charge in [0.1, 0.15) is 5.58 Å². The summed E-state index contributed by atoms with van der Waals surface area (Å²) in [4.78, 5) is 10.8. The summed E-state index contributed by atoms with van der Waals surface area (Å²) in [6.07, 6.45) is 0. The van der Waals surface area contributed by atoms with Gasteiger partial charge >= 0.3 is 5.63 Å². The van der Waals surface area contributed by atoms with E-state index in [4.69, 9.17) is 14.6 Å². The third-order valence-electron chi connectivity index (χ3n) is 1.85. The molecule has 0 radical (unpaired) electrons. The molecule has 5 heteroatoms. The lowest BCUT2D eigenvalue weighted by Gasteiger charge is -2.03. The fourth-order valence-corrected chi connectivity index (χ4v) is 1.18. The highest BCUT2D eigenvalue weighted by molar-refractivity contribution is 5.88. The summed E-state index contributed by atoms with van der Waals surface area (Å²) in [6, 6.07) is 3.47. The average molecular weight is 194 g/mol. The molecule has 0 saturated carbocycles. The molecule has 0 unspecified atom stereocenters. The van der Waals surface area contributed by atoms with Gasteiger partial charge in [0.2, 0.25) is 5.75 Å². The van der Waals surface area contributed by atoms with E-state index in [9.17, 15) is 9.90 Å². The Hall–Kier alpha value is -2.17. The number of phenolic OH excluding ortho intramolecular Hbond substituents is 3. The molecule has 5 nitrogen and oxygen atoms in total. The Morgan fingerprint density at radius 1 is 1.07 bits per heavy atom. The summed E-state index contributed by atoms with van der Waals surface area (Å²) >= 11 is 0. The van der Waals surface area contributed by atoms with E-state index in [-0.39, 0.29) is 11.0 Å². The average Bonchev–Trinajstić information content (AvgIpc) is 2.14. The van der Waals surface area contributed by atoms with E-state index in [1.54, 1.807) is 0 Å². The Bertz CT molecular complexity index is 555. The van der Waals surface area contributed by atoms with Crippen molar-refractivity contribution >= 4 is 11.0 Å². The molecule has 0 aliphatic rings. The third kappa shape index (κ3) is 1.06. The Kier molecular flexibility index (Phi) is 1.60. The molecule has 14 heavy (non-hydrogen) atoms. The maximum absolute atomic E-state index is 10.8. The van der Waals surface area contributed by atoms with E-state index in [0.717, 1.165) is 12.1 Å². The maximum Gasteiger partial charge on any atom is 0.336 e. The smallest absolute Gasteiger partial charge is 0.336 e. The molecule has 0 spiro atoms. The minimum absolute atomic E-state index is 0.0188. The summed E-state index contributed by atoms with van der Waals surface area (Å²) in [5.74, 6) is -1.68. The topological polar surface area (TPSA) is 90.9 Å². The Morgan fingerprint density at radius 3 is 2.50 bits per heavy atom. The summed E-state index contributed by atoms with van der Waals surface area (Å²) in [6.45, 7) is 0. The van der Waals surface area contributed by atoms with Crippen molar-refractivity contribution in [3.63, 3.8) is 0 Å². The molecule has 0 bridgehead atoms. The normalized spacial score (nSPS) is 10.6. The van der Waals surface area contributed by atoms with Crippen LogP contribution in [0.5, 0.6) is 17.2 Å². The molecular formula is C9H6O5. The van der Waals surface area contributed by atoms with Crippen LogP contribution in [0.15, 0.2) is 27.4 Å². The molecule has 72 valence electrons. The number of benzene rings is 1. The van der Waals surface area contributed by atoms with Gasteiger partial charge in [-0.3, -0.25) is 0 Å². The van der Waals surface area contributed by atoms with E-state index < -0.39 is 22.9 Å². The number of fused-ring (bicyclic) bond motifs is 1. The van der Waals surface area contributed by atoms with Crippen LogP contribution in [0.4, 0.5) is 0 Å². The SMILES string of the molecule is O=c1ccc2c(O)c(O)c(O)cc2o1. The van der Waals surface area contributed by atoms with Crippen molar-refractivity contribution in [2.45, 2.75) is 0 Å². The molecule has 3 N–H and O–H groups in total. The van der Waals surface area contributed by atoms with Gasteiger partial charge in [0.15, 0.2) is 11.5 Å². The predicted molar refractivity (Wildman–Crippen MR) is 47.5 cm³/mol. The van der Waals surface area contributed by atoms with Gasteiger partial charge in [0, 0.05) is 12.1 Å². The lowest BCUT2D eigenvalue weighted by atomic mass is 10.2. The first-order chi connectivity index (χ1) is 6.59. The fraction of sp³-hybridized carbons (Fsp3) is 0. The molecule has 0 amide bonds. The molecule has 0 fully saturated rings. The van der Waals surface area contributed by atoms with E-state index >= 15 is 0 Å². The first-order valence-corrected chi connectivity index (χ1v) is 3.77. The van der Waals surface area contributed by atoms with Crippen molar-refractivity contribution in [1.82, 2.24) is 0 Å². The second kappa shape index (κ2) is 2.66. The van der Waals surface area contributed by atoms with Crippen molar-refractivity contribution in [1.29, 1.82) is 0 Å². The van der Waals surface area contributed by atoms with Crippen molar-refractivity contribution < 1.29 is 19.7 Å². The molecule has 0 aliphatic heterocycles. The number of phenols is 3. The maximum atomic E-state index is 10.8. The van der Waals surface area contributed by atoms with Crippen molar-refractivity contribution in [3.8, 4) is 17.2 Å². The van der Waals surface area contributed by atoms with E-state index in [0.29, 0.717) is 0 Å². The van der Waals surface area contributed by atoms with Crippen LogP contribution in [0.1, 0.15) is 0 Å². The highest BCUT2D eigenvalue weighted by atomic mass is 16.4. The summed E-state index contributed by atoms with van der Waals surface area (Å²) < 4.78 is 4.69. The highest BCUT2D eigenvalue weighted by Gasteiger charge is 2.12. The van der Waals surface area contributed by atoms with Crippen LogP contribution in [0.3, 0.4) is 0 Å². The van der Waals surface area contributed by atoms with Gasteiger partial charge in [-0.2, -0.15) is 0 Å². The van der Waals surface area contributed by atoms with E-state index in [1.807, 2.05) is 0 Å². The minimum atomic E-state index is -0.633. The molecule has 1 aromatic carbocycles. The lowest BCUT2D eigenvalue weighted by molar-refractivity contribution is 0.369. The second-order valence-corrected chi connectivity index (χ2v) is 2.76. The standard InChI is InChI=1S/C9H6O5/c10-5-3-6-4(8(12)9(5)13)1-2-7(11)14-6/h1-3,10,12-13H.